The first-order chi connectivity index (χ1) is 8.53. The van der Waals surface area contributed by atoms with Crippen LogP contribution in [-0.2, 0) is 4.74 Å². The number of carbonyl (C=O) groups is 1. The maximum atomic E-state index is 12.0. The van der Waals surface area contributed by atoms with Crippen LogP contribution in [0.25, 0.3) is 0 Å². The highest BCUT2D eigenvalue weighted by Crippen LogP contribution is 2.24. The van der Waals surface area contributed by atoms with Gasteiger partial charge in [0, 0.05) is 23.1 Å². The summed E-state index contributed by atoms with van der Waals surface area (Å²) >= 11 is 2.12. The molecule has 98 valence electrons. The van der Waals surface area contributed by atoms with Crippen LogP contribution >= 0.6 is 22.6 Å². The monoisotopic (exact) mass is 361 g/mol. The van der Waals surface area contributed by atoms with E-state index < -0.39 is 5.60 Å². The number of carbonyl (C=O) groups excluding carboxylic acids is 1. The van der Waals surface area contributed by atoms with Gasteiger partial charge in [0.25, 0.3) is 5.91 Å². The number of rotatable bonds is 3. The summed E-state index contributed by atoms with van der Waals surface area (Å²) in [5.41, 5.74) is -0.316. The molecule has 0 bridgehead atoms. The van der Waals surface area contributed by atoms with E-state index in [1.54, 1.807) is 6.07 Å². The van der Waals surface area contributed by atoms with E-state index in [1.165, 1.54) is 0 Å². The highest BCUT2D eigenvalue weighted by Gasteiger charge is 2.39. The molecule has 1 amide bonds. The Morgan fingerprint density at radius 2 is 2.33 bits per heavy atom. The van der Waals surface area contributed by atoms with Gasteiger partial charge >= 0.3 is 0 Å². The van der Waals surface area contributed by atoms with Crippen molar-refractivity contribution in [3.63, 3.8) is 0 Å². The number of nitrogens with one attached hydrogen (secondary N) is 1. The fraction of sp³-hybridized carbons (Fsp3) is 0.462. The average Bonchev–Trinajstić information content (AvgIpc) is 2.68. The third-order valence-corrected chi connectivity index (χ3v) is 4.27. The standard InChI is InChI=1S/C13H16INO3/c1-9-13(17,6-7-18-9)8-15-12(16)10-4-2-3-5-11(10)14/h2-5,9,17H,6-8H2,1H3,(H,15,16). The minimum absolute atomic E-state index is 0.160. The molecule has 5 heteroatoms. The van der Waals surface area contributed by atoms with Gasteiger partial charge in [0.15, 0.2) is 0 Å². The number of benzene rings is 1. The molecule has 2 atom stereocenters. The van der Waals surface area contributed by atoms with Gasteiger partial charge in [-0.25, -0.2) is 0 Å². The molecule has 1 aliphatic rings. The molecule has 0 aromatic heterocycles. The highest BCUT2D eigenvalue weighted by molar-refractivity contribution is 14.1. The Balaban J connectivity index is 1.99. The smallest absolute Gasteiger partial charge is 0.252 e. The zero-order valence-corrected chi connectivity index (χ0v) is 12.3. The molecular weight excluding hydrogens is 345 g/mol. The van der Waals surface area contributed by atoms with Crippen molar-refractivity contribution in [1.82, 2.24) is 5.32 Å². The summed E-state index contributed by atoms with van der Waals surface area (Å²) < 4.78 is 6.23. The Kier molecular flexibility index (Phi) is 4.24. The third-order valence-electron chi connectivity index (χ3n) is 3.33. The van der Waals surface area contributed by atoms with Gasteiger partial charge in [-0.1, -0.05) is 12.1 Å². The van der Waals surface area contributed by atoms with Gasteiger partial charge in [0.2, 0.25) is 0 Å². The van der Waals surface area contributed by atoms with Gasteiger partial charge in [-0.15, -0.1) is 0 Å². The maximum absolute atomic E-state index is 12.0. The fourth-order valence-electron chi connectivity index (χ4n) is 1.98. The summed E-state index contributed by atoms with van der Waals surface area (Å²) in [4.78, 5) is 12.0. The van der Waals surface area contributed by atoms with Crippen molar-refractivity contribution in [3.05, 3.63) is 33.4 Å². The predicted molar refractivity (Wildman–Crippen MR) is 76.5 cm³/mol. The van der Waals surface area contributed by atoms with E-state index >= 15 is 0 Å². The molecule has 18 heavy (non-hydrogen) atoms. The first-order valence-corrected chi connectivity index (χ1v) is 6.97. The van der Waals surface area contributed by atoms with E-state index in [1.807, 2.05) is 25.1 Å². The number of halogens is 1. The Labute approximate surface area is 120 Å². The zero-order valence-electron chi connectivity index (χ0n) is 10.1. The van der Waals surface area contributed by atoms with Gasteiger partial charge in [0.05, 0.1) is 11.7 Å². The SMILES string of the molecule is CC1OCCC1(O)CNC(=O)c1ccccc1I. The summed E-state index contributed by atoms with van der Waals surface area (Å²) in [7, 11) is 0. The van der Waals surface area contributed by atoms with Gasteiger partial charge in [-0.3, -0.25) is 4.79 Å². The molecule has 1 aromatic carbocycles. The molecule has 2 rings (SSSR count). The van der Waals surface area contributed by atoms with Crippen molar-refractivity contribution in [2.24, 2.45) is 0 Å². The molecule has 1 saturated heterocycles. The topological polar surface area (TPSA) is 58.6 Å². The molecule has 0 spiro atoms. The van der Waals surface area contributed by atoms with E-state index in [2.05, 4.69) is 27.9 Å². The molecule has 1 aliphatic heterocycles. The van der Waals surface area contributed by atoms with Crippen molar-refractivity contribution in [2.45, 2.75) is 25.0 Å². The molecule has 1 heterocycles. The quantitative estimate of drug-likeness (QED) is 0.804. The lowest BCUT2D eigenvalue weighted by atomic mass is 9.96. The summed E-state index contributed by atoms with van der Waals surface area (Å²) in [5, 5.41) is 13.1. The first kappa shape index (κ1) is 13.8. The van der Waals surface area contributed by atoms with Crippen LogP contribution in [0.15, 0.2) is 24.3 Å². The van der Waals surface area contributed by atoms with Crippen LogP contribution in [0.4, 0.5) is 0 Å². The van der Waals surface area contributed by atoms with Crippen molar-refractivity contribution in [2.75, 3.05) is 13.2 Å². The lowest BCUT2D eigenvalue weighted by Crippen LogP contribution is -2.47. The van der Waals surface area contributed by atoms with E-state index in [0.29, 0.717) is 18.6 Å². The van der Waals surface area contributed by atoms with Crippen molar-refractivity contribution in [1.29, 1.82) is 0 Å². The van der Waals surface area contributed by atoms with Crippen LogP contribution in [0.3, 0.4) is 0 Å². The second-order valence-electron chi connectivity index (χ2n) is 4.53. The second-order valence-corrected chi connectivity index (χ2v) is 5.69. The number of hydrogen-bond donors (Lipinski definition) is 2. The second kappa shape index (κ2) is 5.54. The lowest BCUT2D eigenvalue weighted by molar-refractivity contribution is -0.0251. The predicted octanol–water partition coefficient (Wildman–Crippen LogP) is 1.56. The molecule has 2 unspecified atom stereocenters. The number of ether oxygens (including phenoxy) is 1. The Bertz CT molecular complexity index is 452. The van der Waals surface area contributed by atoms with Crippen LogP contribution in [0.1, 0.15) is 23.7 Å². The Morgan fingerprint density at radius 1 is 1.61 bits per heavy atom. The third kappa shape index (κ3) is 2.84. The van der Waals surface area contributed by atoms with E-state index in [-0.39, 0.29) is 18.6 Å². The Morgan fingerprint density at radius 3 is 2.94 bits per heavy atom. The highest BCUT2D eigenvalue weighted by atomic mass is 127. The summed E-state index contributed by atoms with van der Waals surface area (Å²) in [6.45, 7) is 2.58. The maximum Gasteiger partial charge on any atom is 0.252 e. The molecule has 2 N–H and O–H groups in total. The summed E-state index contributed by atoms with van der Waals surface area (Å²) in [6.07, 6.45) is 0.313. The van der Waals surface area contributed by atoms with E-state index in [0.717, 1.165) is 3.57 Å². The van der Waals surface area contributed by atoms with Crippen LogP contribution in [-0.4, -0.2) is 35.9 Å². The molecule has 0 saturated carbocycles. The van der Waals surface area contributed by atoms with Gasteiger partial charge in [0.1, 0.15) is 5.60 Å². The number of aliphatic hydroxyl groups is 1. The minimum atomic E-state index is -0.949. The molecule has 1 aromatic rings. The summed E-state index contributed by atoms with van der Waals surface area (Å²) in [6, 6.07) is 7.37. The van der Waals surface area contributed by atoms with E-state index in [9.17, 15) is 9.90 Å². The average molecular weight is 361 g/mol. The largest absolute Gasteiger partial charge is 0.385 e. The fourth-order valence-corrected chi connectivity index (χ4v) is 2.61. The zero-order chi connectivity index (χ0) is 13.2. The summed E-state index contributed by atoms with van der Waals surface area (Å²) in [5.74, 6) is -0.160. The van der Waals surface area contributed by atoms with Crippen LogP contribution in [0.5, 0.6) is 0 Å². The Hall–Kier alpha value is -0.660. The lowest BCUT2D eigenvalue weighted by Gasteiger charge is -2.26. The van der Waals surface area contributed by atoms with Gasteiger partial charge in [-0.2, -0.15) is 0 Å². The molecule has 1 fully saturated rings. The number of hydrogen-bond acceptors (Lipinski definition) is 3. The van der Waals surface area contributed by atoms with Crippen LogP contribution < -0.4 is 5.32 Å². The molecule has 0 radical (unpaired) electrons. The first-order valence-electron chi connectivity index (χ1n) is 5.90. The van der Waals surface area contributed by atoms with Crippen molar-refractivity contribution >= 4 is 28.5 Å². The normalized spacial score (nSPS) is 27.2. The van der Waals surface area contributed by atoms with Crippen LogP contribution in [0, 0.1) is 3.57 Å². The molecular formula is C13H16INO3. The van der Waals surface area contributed by atoms with Gasteiger partial charge in [-0.05, 0) is 41.6 Å². The van der Waals surface area contributed by atoms with Gasteiger partial charge < -0.3 is 15.2 Å². The number of amides is 1. The van der Waals surface area contributed by atoms with Crippen molar-refractivity contribution < 1.29 is 14.6 Å². The van der Waals surface area contributed by atoms with E-state index in [4.69, 9.17) is 4.74 Å². The molecule has 4 nitrogen and oxygen atoms in total. The molecule has 0 aliphatic carbocycles. The van der Waals surface area contributed by atoms with Crippen LogP contribution in [0.2, 0.25) is 0 Å². The minimum Gasteiger partial charge on any atom is -0.385 e. The van der Waals surface area contributed by atoms with Crippen molar-refractivity contribution in [3.8, 4) is 0 Å².